The van der Waals surface area contributed by atoms with Crippen molar-refractivity contribution in [1.29, 1.82) is 5.26 Å². The maximum atomic E-state index is 9.27. The minimum absolute atomic E-state index is 0.212. The van der Waals surface area contributed by atoms with Crippen LogP contribution in [0.1, 0.15) is 89.3 Å². The molecule has 4 atom stereocenters. The molecule has 4 unspecified atom stereocenters. The first kappa shape index (κ1) is 22.7. The highest BCUT2D eigenvalue weighted by molar-refractivity contribution is 6.74. The summed E-state index contributed by atoms with van der Waals surface area (Å²) in [5.74, 6) is 3.36. The Morgan fingerprint density at radius 1 is 1.19 bits per heavy atom. The molecule has 3 heteroatoms. The van der Waals surface area contributed by atoms with E-state index in [0.29, 0.717) is 5.92 Å². The molecule has 0 heterocycles. The van der Waals surface area contributed by atoms with Crippen molar-refractivity contribution in [2.24, 2.45) is 17.3 Å². The zero-order valence-corrected chi connectivity index (χ0v) is 21.8. The van der Waals surface area contributed by atoms with E-state index in [0.717, 1.165) is 30.4 Å². The zero-order valence-electron chi connectivity index (χ0n) is 20.8. The monoisotopic (exact) mass is 435 g/mol. The molecule has 0 radical (unpaired) electrons. The molecular formula is C28H41NOSi. The molecule has 1 aromatic rings. The molecule has 0 spiro atoms. The van der Waals surface area contributed by atoms with Gasteiger partial charge in [0.25, 0.3) is 0 Å². The Kier molecular flexibility index (Phi) is 5.70. The van der Waals surface area contributed by atoms with E-state index in [9.17, 15) is 5.26 Å². The first-order valence-corrected chi connectivity index (χ1v) is 15.4. The fraction of sp³-hybridized carbons (Fsp3) is 0.679. The fourth-order valence-electron chi connectivity index (χ4n) is 6.61. The van der Waals surface area contributed by atoms with Gasteiger partial charge in [0.1, 0.15) is 5.75 Å². The number of nitrogens with zero attached hydrogens (tertiary/aromatic N) is 1. The van der Waals surface area contributed by atoms with Crippen molar-refractivity contribution in [2.75, 3.05) is 0 Å². The second-order valence-electron chi connectivity index (χ2n) is 12.1. The average molecular weight is 436 g/mol. The lowest BCUT2D eigenvalue weighted by atomic mass is 9.55. The lowest BCUT2D eigenvalue weighted by molar-refractivity contribution is 0.0814. The Bertz CT molecular complexity index is 932. The van der Waals surface area contributed by atoms with Crippen LogP contribution in [0.3, 0.4) is 0 Å². The topological polar surface area (TPSA) is 33.0 Å². The largest absolute Gasteiger partial charge is 0.543 e. The minimum Gasteiger partial charge on any atom is -0.543 e. The lowest BCUT2D eigenvalue weighted by Crippen LogP contribution is -2.44. The number of fused-ring (bicyclic) bond motifs is 5. The second kappa shape index (κ2) is 7.80. The summed E-state index contributed by atoms with van der Waals surface area (Å²) in [7, 11) is -1.85. The van der Waals surface area contributed by atoms with Crippen LogP contribution in [0.5, 0.6) is 5.75 Å². The molecule has 1 aromatic carbocycles. The molecule has 168 valence electrons. The van der Waals surface area contributed by atoms with Crippen LogP contribution in [-0.2, 0) is 12.8 Å². The molecule has 0 bridgehead atoms. The number of allylic oxidation sites excluding steroid dienone is 2. The van der Waals surface area contributed by atoms with Gasteiger partial charge in [-0.05, 0) is 109 Å². The predicted octanol–water partition coefficient (Wildman–Crippen LogP) is 7.94. The van der Waals surface area contributed by atoms with E-state index in [1.165, 1.54) is 43.2 Å². The van der Waals surface area contributed by atoms with E-state index in [1.54, 1.807) is 11.1 Å². The van der Waals surface area contributed by atoms with Crippen LogP contribution in [0.2, 0.25) is 18.1 Å². The molecule has 31 heavy (non-hydrogen) atoms. The van der Waals surface area contributed by atoms with Gasteiger partial charge in [0.15, 0.2) is 0 Å². The molecule has 0 saturated heterocycles. The molecule has 2 nitrogen and oxygen atoms in total. The molecule has 4 rings (SSSR count). The third kappa shape index (κ3) is 3.69. The van der Waals surface area contributed by atoms with Crippen molar-refractivity contribution >= 4 is 8.32 Å². The van der Waals surface area contributed by atoms with Crippen LogP contribution in [0.15, 0.2) is 23.8 Å². The SMILES string of the molecule is CCc1cc2c(cc1O[Si](C)(C)C(C)(C)C)CCC1C2CCC2(C)C(=CC#N)CCC12. The maximum absolute atomic E-state index is 9.27. The lowest BCUT2D eigenvalue weighted by Gasteiger charge is -2.49. The summed E-state index contributed by atoms with van der Waals surface area (Å²) in [6.45, 7) is 16.4. The van der Waals surface area contributed by atoms with Crippen molar-refractivity contribution < 1.29 is 4.43 Å². The Hall–Kier alpha value is -1.53. The summed E-state index contributed by atoms with van der Waals surface area (Å²) < 4.78 is 6.82. The third-order valence-electron chi connectivity index (χ3n) is 9.54. The Morgan fingerprint density at radius 2 is 1.94 bits per heavy atom. The van der Waals surface area contributed by atoms with E-state index in [2.05, 4.69) is 65.9 Å². The molecule has 0 aromatic heterocycles. The predicted molar refractivity (Wildman–Crippen MR) is 132 cm³/mol. The number of hydrogen-bond donors (Lipinski definition) is 0. The first-order valence-electron chi connectivity index (χ1n) is 12.5. The van der Waals surface area contributed by atoms with Crippen LogP contribution in [0.25, 0.3) is 0 Å². The van der Waals surface area contributed by atoms with E-state index in [4.69, 9.17) is 4.43 Å². The van der Waals surface area contributed by atoms with E-state index in [1.807, 2.05) is 6.08 Å². The van der Waals surface area contributed by atoms with Crippen LogP contribution < -0.4 is 4.43 Å². The van der Waals surface area contributed by atoms with Gasteiger partial charge in [-0.1, -0.05) is 46.3 Å². The number of nitriles is 1. The smallest absolute Gasteiger partial charge is 0.250 e. The van der Waals surface area contributed by atoms with Crippen LogP contribution in [0.4, 0.5) is 0 Å². The quantitative estimate of drug-likeness (QED) is 0.356. The number of aryl methyl sites for hydroxylation is 2. The van der Waals surface area contributed by atoms with Crippen molar-refractivity contribution in [2.45, 2.75) is 104 Å². The van der Waals surface area contributed by atoms with E-state index < -0.39 is 8.32 Å². The first-order chi connectivity index (χ1) is 14.5. The van der Waals surface area contributed by atoms with Gasteiger partial charge >= 0.3 is 0 Å². The van der Waals surface area contributed by atoms with Crippen LogP contribution in [0, 0.1) is 28.6 Å². The minimum atomic E-state index is -1.85. The van der Waals surface area contributed by atoms with Crippen molar-refractivity contribution in [1.82, 2.24) is 0 Å². The maximum Gasteiger partial charge on any atom is 0.250 e. The fourth-order valence-corrected chi connectivity index (χ4v) is 7.65. The summed E-state index contributed by atoms with van der Waals surface area (Å²) in [5.41, 5.74) is 6.25. The normalized spacial score (nSPS) is 31.5. The molecule has 2 fully saturated rings. The molecule has 0 amide bonds. The van der Waals surface area contributed by atoms with E-state index >= 15 is 0 Å². The molecule has 3 aliphatic rings. The number of benzene rings is 1. The van der Waals surface area contributed by atoms with Gasteiger partial charge in [0, 0.05) is 6.08 Å². The van der Waals surface area contributed by atoms with Gasteiger partial charge in [-0.25, -0.2) is 0 Å². The third-order valence-corrected chi connectivity index (χ3v) is 13.9. The Labute approximate surface area is 191 Å². The van der Waals surface area contributed by atoms with Crippen molar-refractivity contribution in [3.05, 3.63) is 40.5 Å². The second-order valence-corrected chi connectivity index (χ2v) is 16.8. The van der Waals surface area contributed by atoms with Crippen LogP contribution >= 0.6 is 0 Å². The molecule has 3 aliphatic carbocycles. The summed E-state index contributed by atoms with van der Waals surface area (Å²) in [6.07, 6.45) is 10.3. The van der Waals surface area contributed by atoms with Gasteiger partial charge in [-0.3, -0.25) is 0 Å². The highest BCUT2D eigenvalue weighted by atomic mass is 28.4. The molecular weight excluding hydrogens is 394 g/mol. The summed E-state index contributed by atoms with van der Waals surface area (Å²) in [4.78, 5) is 0. The molecule has 2 saturated carbocycles. The zero-order chi connectivity index (χ0) is 22.6. The highest BCUT2D eigenvalue weighted by Gasteiger charge is 2.52. The standard InChI is InChI=1S/C28H41NOSi/c1-8-19-17-24-20(18-26(19)30-31(6,7)27(2,3)4)9-11-23-22(24)13-15-28(5)21(14-16-29)10-12-25(23)28/h14,17-18,22-23,25H,8-13,15H2,1-7H3. The molecule has 0 aliphatic heterocycles. The summed E-state index contributed by atoms with van der Waals surface area (Å²) in [5, 5.41) is 9.49. The van der Waals surface area contributed by atoms with Crippen molar-refractivity contribution in [3.63, 3.8) is 0 Å². The van der Waals surface area contributed by atoms with Crippen LogP contribution in [-0.4, -0.2) is 8.32 Å². The van der Waals surface area contributed by atoms with Gasteiger partial charge in [-0.2, -0.15) is 5.26 Å². The summed E-state index contributed by atoms with van der Waals surface area (Å²) in [6, 6.07) is 7.28. The highest BCUT2D eigenvalue weighted by Crippen LogP contribution is 2.63. The molecule has 0 N–H and O–H groups in total. The van der Waals surface area contributed by atoms with Gasteiger partial charge < -0.3 is 4.43 Å². The average Bonchev–Trinajstić information content (AvgIpc) is 3.03. The Morgan fingerprint density at radius 3 is 2.58 bits per heavy atom. The van der Waals surface area contributed by atoms with Gasteiger partial charge in [-0.15, -0.1) is 0 Å². The number of hydrogen-bond acceptors (Lipinski definition) is 2. The van der Waals surface area contributed by atoms with Gasteiger partial charge in [0.2, 0.25) is 8.32 Å². The summed E-state index contributed by atoms with van der Waals surface area (Å²) >= 11 is 0. The Balaban J connectivity index is 1.67. The number of rotatable bonds is 3. The van der Waals surface area contributed by atoms with Crippen molar-refractivity contribution in [3.8, 4) is 11.8 Å². The van der Waals surface area contributed by atoms with Gasteiger partial charge in [0.05, 0.1) is 6.07 Å². The van der Waals surface area contributed by atoms with E-state index in [-0.39, 0.29) is 10.5 Å².